The molecule has 2 atom stereocenters. The van der Waals surface area contributed by atoms with Crippen molar-refractivity contribution in [1.82, 2.24) is 0 Å². The molecule has 0 saturated carbocycles. The van der Waals surface area contributed by atoms with E-state index in [4.69, 9.17) is 4.18 Å². The summed E-state index contributed by atoms with van der Waals surface area (Å²) in [6, 6.07) is 14.0. The highest BCUT2D eigenvalue weighted by atomic mass is 32.2. The van der Waals surface area contributed by atoms with Crippen LogP contribution in [-0.4, -0.2) is 46.2 Å². The molecule has 1 N–H and O–H groups in total. The predicted octanol–water partition coefficient (Wildman–Crippen LogP) is 7.02. The van der Waals surface area contributed by atoms with Crippen molar-refractivity contribution in [2.45, 2.75) is 45.0 Å². The van der Waals surface area contributed by atoms with Gasteiger partial charge in [0.2, 0.25) is 0 Å². The Morgan fingerprint density at radius 3 is 1.81 bits per heavy atom. The fraction of sp³-hybridized carbons (Fsp3) is 0.286. The van der Waals surface area contributed by atoms with E-state index in [1.807, 2.05) is 0 Å². The number of carbonyl (C=O) groups is 2. The largest absolute Gasteiger partial charge is 0.435 e. The van der Waals surface area contributed by atoms with Gasteiger partial charge in [0.1, 0.15) is 0 Å². The van der Waals surface area contributed by atoms with Crippen LogP contribution in [0, 0.1) is 13.8 Å². The second kappa shape index (κ2) is 12.4. The fourth-order valence-corrected chi connectivity index (χ4v) is 4.95. The van der Waals surface area contributed by atoms with E-state index in [-0.39, 0.29) is 33.6 Å². The van der Waals surface area contributed by atoms with Crippen molar-refractivity contribution in [2.75, 3.05) is 16.8 Å². The van der Waals surface area contributed by atoms with Crippen molar-refractivity contribution in [2.24, 2.45) is 0 Å². The van der Waals surface area contributed by atoms with Crippen LogP contribution in [0.5, 0.6) is 0 Å². The highest BCUT2D eigenvalue weighted by Gasteiger charge is 2.73. The summed E-state index contributed by atoms with van der Waals surface area (Å²) in [5.74, 6) is -1.44. The maximum atomic E-state index is 14.7. The van der Waals surface area contributed by atoms with E-state index >= 15 is 0 Å². The molecule has 43 heavy (non-hydrogen) atoms. The van der Waals surface area contributed by atoms with E-state index in [1.165, 1.54) is 50.4 Å². The Morgan fingerprint density at radius 2 is 1.33 bits per heavy atom. The number of halogens is 7. The van der Waals surface area contributed by atoms with Gasteiger partial charge in [0.25, 0.3) is 11.8 Å². The number of benzene rings is 3. The van der Waals surface area contributed by atoms with Crippen molar-refractivity contribution in [3.63, 3.8) is 0 Å². The number of anilines is 2. The third-order valence-corrected chi connectivity index (χ3v) is 6.95. The zero-order valence-electron chi connectivity index (χ0n) is 23.0. The summed E-state index contributed by atoms with van der Waals surface area (Å²) in [5.41, 5.74) is -7.71. The van der Waals surface area contributed by atoms with E-state index in [9.17, 15) is 49.1 Å². The summed E-state index contributed by atoms with van der Waals surface area (Å²) in [5, 5.41) is 0. The molecular weight excluding hydrogens is 609 g/mol. The summed E-state index contributed by atoms with van der Waals surface area (Å²) in [6.07, 6.45) is -13.9. The van der Waals surface area contributed by atoms with E-state index < -0.39 is 53.0 Å². The molecule has 15 heteroatoms. The quantitative estimate of drug-likeness (QED) is 0.164. The minimum Gasteiger partial charge on any atom is -0.311 e. The molecule has 3 aromatic carbocycles. The van der Waals surface area contributed by atoms with Crippen molar-refractivity contribution in [1.29, 1.82) is 0 Å². The smallest absolute Gasteiger partial charge is 0.311 e. The monoisotopic (exact) mass is 634 g/mol. The topological polar surface area (TPSA) is 87.2 Å². The molecule has 0 saturated heterocycles. The van der Waals surface area contributed by atoms with E-state index in [0.717, 1.165) is 23.6 Å². The Kier molecular flexibility index (Phi) is 9.73. The van der Waals surface area contributed by atoms with Gasteiger partial charge in [-0.3, -0.25) is 19.0 Å². The number of rotatable bonds is 8. The molecule has 2 unspecified atom stereocenters. The Bertz CT molecular complexity index is 1490. The summed E-state index contributed by atoms with van der Waals surface area (Å²) in [6.45, 7) is 3.58. The summed E-state index contributed by atoms with van der Waals surface area (Å²) < 4.78 is 120. The lowest BCUT2D eigenvalue weighted by molar-refractivity contribution is -0.348. The molecule has 0 heterocycles. The molecule has 0 aliphatic heterocycles. The first-order valence-electron chi connectivity index (χ1n) is 12.3. The number of carbonyl (C=O) groups excluding carboxylic acids is 2. The van der Waals surface area contributed by atoms with Gasteiger partial charge in [0.05, 0.1) is 0 Å². The minimum atomic E-state index is -6.31. The van der Waals surface area contributed by atoms with Gasteiger partial charge < -0.3 is 4.90 Å². The number of amides is 2. The van der Waals surface area contributed by atoms with Crippen LogP contribution in [0.25, 0.3) is 0 Å². The SMILES string of the molecule is Cc1cc(C(F)(C(F)(F)F)C(F)(F)F)cc(C)c1N(C)C(=O)c1cccc(N(C(=O)c2ccccc2)C(C)OS(=O)O)c1. The molecule has 0 bridgehead atoms. The number of alkyl halides is 7. The Balaban J connectivity index is 2.05. The van der Waals surface area contributed by atoms with Crippen LogP contribution in [0.15, 0.2) is 66.7 Å². The third kappa shape index (κ3) is 6.73. The average molecular weight is 635 g/mol. The van der Waals surface area contributed by atoms with Crippen molar-refractivity contribution in [3.05, 3.63) is 94.5 Å². The van der Waals surface area contributed by atoms with Crippen molar-refractivity contribution >= 4 is 34.6 Å². The second-order valence-electron chi connectivity index (χ2n) is 9.48. The second-order valence-corrected chi connectivity index (χ2v) is 10.1. The average Bonchev–Trinajstić information content (AvgIpc) is 2.90. The normalized spacial score (nSPS) is 13.8. The van der Waals surface area contributed by atoms with Crippen LogP contribution in [0.3, 0.4) is 0 Å². The van der Waals surface area contributed by atoms with Gasteiger partial charge in [0.15, 0.2) is 6.23 Å². The van der Waals surface area contributed by atoms with E-state index in [1.54, 1.807) is 18.2 Å². The number of hydrogen-bond acceptors (Lipinski definition) is 4. The lowest BCUT2D eigenvalue weighted by atomic mass is 9.90. The van der Waals surface area contributed by atoms with Gasteiger partial charge in [-0.05, 0) is 62.2 Å². The Hall–Kier alpha value is -3.82. The molecule has 232 valence electrons. The first-order chi connectivity index (χ1) is 19.8. The summed E-state index contributed by atoms with van der Waals surface area (Å²) in [7, 11) is 1.22. The predicted molar refractivity (Wildman–Crippen MR) is 145 cm³/mol. The molecule has 0 spiro atoms. The fourth-order valence-electron chi connectivity index (χ4n) is 4.63. The van der Waals surface area contributed by atoms with Crippen LogP contribution in [0.4, 0.5) is 42.1 Å². The minimum absolute atomic E-state index is 0.0624. The van der Waals surface area contributed by atoms with Crippen molar-refractivity contribution in [3.8, 4) is 0 Å². The zero-order chi connectivity index (χ0) is 32.5. The molecule has 0 aliphatic carbocycles. The van der Waals surface area contributed by atoms with E-state index in [0.29, 0.717) is 12.1 Å². The zero-order valence-corrected chi connectivity index (χ0v) is 23.8. The van der Waals surface area contributed by atoms with Crippen LogP contribution in [0.2, 0.25) is 0 Å². The van der Waals surface area contributed by atoms with Crippen LogP contribution in [0.1, 0.15) is 44.3 Å². The maximum absolute atomic E-state index is 14.7. The lowest BCUT2D eigenvalue weighted by Crippen LogP contribution is -2.50. The molecule has 3 aromatic rings. The van der Waals surface area contributed by atoms with Gasteiger partial charge in [-0.15, -0.1) is 0 Å². The number of nitrogens with zero attached hydrogens (tertiary/aromatic N) is 2. The molecule has 0 aliphatic rings. The molecule has 0 fully saturated rings. The third-order valence-electron chi connectivity index (χ3n) is 6.51. The molecule has 2 amide bonds. The number of aryl methyl sites for hydroxylation is 2. The molecule has 7 nitrogen and oxygen atoms in total. The summed E-state index contributed by atoms with van der Waals surface area (Å²) >= 11 is -2.77. The first kappa shape index (κ1) is 33.7. The summed E-state index contributed by atoms with van der Waals surface area (Å²) in [4.78, 5) is 28.8. The molecule has 0 aromatic heterocycles. The van der Waals surface area contributed by atoms with E-state index in [2.05, 4.69) is 0 Å². The van der Waals surface area contributed by atoms with Crippen LogP contribution >= 0.6 is 0 Å². The van der Waals surface area contributed by atoms with Gasteiger partial charge >= 0.3 is 29.4 Å². The maximum Gasteiger partial charge on any atom is 0.435 e. The van der Waals surface area contributed by atoms with Crippen molar-refractivity contribution < 1.29 is 53.3 Å². The van der Waals surface area contributed by atoms with Gasteiger partial charge in [-0.25, -0.2) is 8.57 Å². The first-order valence-corrected chi connectivity index (χ1v) is 13.3. The van der Waals surface area contributed by atoms with Crippen LogP contribution in [-0.2, 0) is 21.2 Å². The number of hydrogen-bond donors (Lipinski definition) is 1. The molecule has 0 radical (unpaired) electrons. The van der Waals surface area contributed by atoms with Gasteiger partial charge in [-0.1, -0.05) is 36.4 Å². The van der Waals surface area contributed by atoms with Gasteiger partial charge in [0, 0.05) is 35.1 Å². The highest BCUT2D eigenvalue weighted by molar-refractivity contribution is 7.74. The lowest BCUT2D eigenvalue weighted by Gasteiger charge is -2.32. The highest BCUT2D eigenvalue weighted by Crippen LogP contribution is 2.54. The Morgan fingerprint density at radius 1 is 0.814 bits per heavy atom. The Labute approximate surface area is 244 Å². The standard InChI is InChI=1S/C28H25F7N2O5S/c1-16-13-21(26(29,27(30,31)32)28(33,34)35)14-17(2)23(16)36(4)24(38)20-11-8-12-22(15-20)37(18(3)42-43(40)41)25(39)19-9-6-5-7-10-19/h5-15,18H,1-4H3,(H,40,41). The van der Waals surface area contributed by atoms with Gasteiger partial charge in [-0.2, -0.15) is 30.6 Å². The van der Waals surface area contributed by atoms with Crippen LogP contribution < -0.4 is 9.80 Å². The molecular formula is C28H25F7N2O5S. The molecule has 3 rings (SSSR count).